The van der Waals surface area contributed by atoms with Crippen molar-refractivity contribution in [2.75, 3.05) is 6.54 Å². The van der Waals surface area contributed by atoms with E-state index in [1.165, 1.54) is 0 Å². The van der Waals surface area contributed by atoms with E-state index in [9.17, 15) is 13.9 Å². The maximum absolute atomic E-state index is 13.3. The predicted octanol–water partition coefficient (Wildman–Crippen LogP) is 5.05. The zero-order valence-corrected chi connectivity index (χ0v) is 17.8. The summed E-state index contributed by atoms with van der Waals surface area (Å²) in [5, 5.41) is 13.3. The van der Waals surface area contributed by atoms with Crippen molar-refractivity contribution >= 4 is 31.9 Å². The summed E-state index contributed by atoms with van der Waals surface area (Å²) in [6.45, 7) is 5.74. The fourth-order valence-electron chi connectivity index (χ4n) is 2.26. The molecule has 0 aliphatic carbocycles. The molecule has 0 bridgehead atoms. The lowest BCUT2D eigenvalue weighted by atomic mass is 10.0. The molecular formula is C19H24Br2F2N2O. The van der Waals surface area contributed by atoms with Gasteiger partial charge in [-0.3, -0.25) is 0 Å². The monoisotopic (exact) mass is 492 g/mol. The van der Waals surface area contributed by atoms with Crippen LogP contribution in [0.5, 0.6) is 0 Å². The maximum Gasteiger partial charge on any atom is 0.118 e. The number of hydrogen-bond donors (Lipinski definition) is 3. The Morgan fingerprint density at radius 3 is 2.65 bits per heavy atom. The molecule has 0 saturated carbocycles. The van der Waals surface area contributed by atoms with Crippen LogP contribution >= 0.6 is 31.9 Å². The van der Waals surface area contributed by atoms with E-state index >= 15 is 0 Å². The summed E-state index contributed by atoms with van der Waals surface area (Å²) < 4.78 is 27.7. The van der Waals surface area contributed by atoms with Gasteiger partial charge in [0, 0.05) is 40.6 Å². The Bertz CT molecular complexity index is 678. The quantitative estimate of drug-likeness (QED) is 0.315. The first-order valence-corrected chi connectivity index (χ1v) is 9.72. The van der Waals surface area contributed by atoms with Crippen LogP contribution in [0.15, 0.2) is 63.1 Å². The van der Waals surface area contributed by atoms with Gasteiger partial charge in [-0.2, -0.15) is 0 Å². The molecule has 4 N–H and O–H groups in total. The van der Waals surface area contributed by atoms with Crippen LogP contribution in [0.3, 0.4) is 0 Å². The highest BCUT2D eigenvalue weighted by molar-refractivity contribution is 9.13. The van der Waals surface area contributed by atoms with Crippen LogP contribution in [0.25, 0.3) is 0 Å². The van der Waals surface area contributed by atoms with Gasteiger partial charge in [-0.25, -0.2) is 8.78 Å². The molecule has 1 rings (SSSR count). The fourth-order valence-corrected chi connectivity index (χ4v) is 2.93. The van der Waals surface area contributed by atoms with Crippen molar-refractivity contribution in [1.29, 1.82) is 0 Å². The lowest BCUT2D eigenvalue weighted by molar-refractivity contribution is 0.141. The van der Waals surface area contributed by atoms with Crippen LogP contribution in [0.1, 0.15) is 25.3 Å². The number of aliphatic hydroxyl groups is 1. The molecule has 0 radical (unpaired) electrons. The number of rotatable bonds is 10. The van der Waals surface area contributed by atoms with Gasteiger partial charge in [-0.1, -0.05) is 24.3 Å². The van der Waals surface area contributed by atoms with E-state index in [0.29, 0.717) is 19.5 Å². The molecule has 2 atom stereocenters. The highest BCUT2D eigenvalue weighted by Gasteiger charge is 2.15. The van der Waals surface area contributed by atoms with E-state index < -0.39 is 23.8 Å². The Morgan fingerprint density at radius 2 is 2.04 bits per heavy atom. The summed E-state index contributed by atoms with van der Waals surface area (Å²) in [6.07, 6.45) is 2.06. The van der Waals surface area contributed by atoms with Gasteiger partial charge in [0.2, 0.25) is 0 Å². The number of aliphatic hydroxyl groups excluding tert-OH is 1. The third kappa shape index (κ3) is 9.19. The van der Waals surface area contributed by atoms with Crippen LogP contribution in [0.4, 0.5) is 8.78 Å². The second-order valence-corrected chi connectivity index (χ2v) is 7.82. The summed E-state index contributed by atoms with van der Waals surface area (Å²) >= 11 is 6.87. The van der Waals surface area contributed by atoms with Gasteiger partial charge in [-0.05, 0) is 62.9 Å². The standard InChI is InChI=1S/C19H24Br2F2N2O/c1-12(3-5-15(23)8-13(2)22)7-18(24)19(26)11-25-10-14-4-6-16(20)17(21)9-14/h3-4,6,8-9,18-19,25-26H,2,5,7,10-11,24H2,1H3/b12-3+,15-8+/t18-,19+/m0/s1. The van der Waals surface area contributed by atoms with E-state index in [1.807, 2.05) is 18.2 Å². The van der Waals surface area contributed by atoms with Crippen LogP contribution < -0.4 is 11.1 Å². The molecule has 0 unspecified atom stereocenters. The maximum atomic E-state index is 13.3. The molecule has 1 aromatic rings. The van der Waals surface area contributed by atoms with Gasteiger partial charge in [0.15, 0.2) is 0 Å². The molecule has 0 saturated heterocycles. The number of nitrogens with one attached hydrogen (secondary N) is 1. The molecule has 0 aromatic heterocycles. The van der Waals surface area contributed by atoms with Crippen molar-refractivity contribution in [2.24, 2.45) is 5.73 Å². The first-order valence-electron chi connectivity index (χ1n) is 8.13. The zero-order valence-electron chi connectivity index (χ0n) is 14.6. The Morgan fingerprint density at radius 1 is 1.35 bits per heavy atom. The summed E-state index contributed by atoms with van der Waals surface area (Å²) in [5.74, 6) is -1.42. The molecule has 0 aliphatic heterocycles. The predicted molar refractivity (Wildman–Crippen MR) is 110 cm³/mol. The second kappa shape index (κ2) is 11.8. The van der Waals surface area contributed by atoms with Crippen LogP contribution in [0, 0.1) is 0 Å². The van der Waals surface area contributed by atoms with Gasteiger partial charge in [-0.15, -0.1) is 0 Å². The Kier molecular flexibility index (Phi) is 10.5. The molecule has 1 aromatic carbocycles. The molecule has 0 spiro atoms. The van der Waals surface area contributed by atoms with E-state index in [0.717, 1.165) is 26.2 Å². The molecule has 0 amide bonds. The van der Waals surface area contributed by atoms with Gasteiger partial charge in [0.1, 0.15) is 11.7 Å². The summed E-state index contributed by atoms with van der Waals surface area (Å²) in [4.78, 5) is 0. The topological polar surface area (TPSA) is 58.3 Å². The highest BCUT2D eigenvalue weighted by Crippen LogP contribution is 2.23. The van der Waals surface area contributed by atoms with Gasteiger partial charge in [0.25, 0.3) is 0 Å². The third-order valence-corrected chi connectivity index (χ3v) is 5.56. The first kappa shape index (κ1) is 23.2. The van der Waals surface area contributed by atoms with Crippen LogP contribution in [0.2, 0.25) is 0 Å². The van der Waals surface area contributed by atoms with Crippen molar-refractivity contribution in [3.8, 4) is 0 Å². The Labute approximate surface area is 170 Å². The normalized spacial score (nSPS) is 15.0. The van der Waals surface area contributed by atoms with Gasteiger partial charge < -0.3 is 16.2 Å². The van der Waals surface area contributed by atoms with Crippen molar-refractivity contribution in [1.82, 2.24) is 5.32 Å². The zero-order chi connectivity index (χ0) is 19.7. The number of allylic oxidation sites excluding steroid dienone is 4. The molecule has 0 heterocycles. The highest BCUT2D eigenvalue weighted by atomic mass is 79.9. The molecule has 3 nitrogen and oxygen atoms in total. The van der Waals surface area contributed by atoms with Crippen LogP contribution in [-0.2, 0) is 6.54 Å². The summed E-state index contributed by atoms with van der Waals surface area (Å²) in [5.41, 5.74) is 7.91. The number of halogens is 4. The molecule has 144 valence electrons. The van der Waals surface area contributed by atoms with Crippen molar-refractivity contribution < 1.29 is 13.9 Å². The first-order chi connectivity index (χ1) is 12.2. The molecule has 7 heteroatoms. The summed E-state index contributed by atoms with van der Waals surface area (Å²) in [7, 11) is 0. The lowest BCUT2D eigenvalue weighted by Crippen LogP contribution is -2.41. The molecule has 0 aliphatic rings. The minimum absolute atomic E-state index is 0.0196. The Hall–Kier alpha value is -0.860. The van der Waals surface area contributed by atoms with E-state index in [-0.39, 0.29) is 6.42 Å². The minimum Gasteiger partial charge on any atom is -0.390 e. The number of benzene rings is 1. The van der Waals surface area contributed by atoms with Gasteiger partial charge in [0.05, 0.1) is 6.10 Å². The van der Waals surface area contributed by atoms with Crippen molar-refractivity contribution in [2.45, 2.75) is 38.5 Å². The van der Waals surface area contributed by atoms with Gasteiger partial charge >= 0.3 is 0 Å². The second-order valence-electron chi connectivity index (χ2n) is 6.11. The Balaban J connectivity index is 2.40. The third-order valence-electron chi connectivity index (χ3n) is 3.68. The number of hydrogen-bond acceptors (Lipinski definition) is 3. The van der Waals surface area contributed by atoms with Crippen molar-refractivity contribution in [3.05, 3.63) is 68.7 Å². The fraction of sp³-hybridized carbons (Fsp3) is 0.368. The average Bonchev–Trinajstić information content (AvgIpc) is 2.55. The SMILES string of the molecule is C=C(F)/C=C(/F)C/C=C(\C)C[C@H](N)[C@H](O)CNCc1ccc(Br)c(Br)c1. The smallest absolute Gasteiger partial charge is 0.118 e. The average molecular weight is 494 g/mol. The van der Waals surface area contributed by atoms with E-state index in [4.69, 9.17) is 5.73 Å². The molecule has 26 heavy (non-hydrogen) atoms. The molecular weight excluding hydrogens is 470 g/mol. The van der Waals surface area contributed by atoms with Crippen molar-refractivity contribution in [3.63, 3.8) is 0 Å². The van der Waals surface area contributed by atoms with E-state index in [1.54, 1.807) is 13.0 Å². The number of nitrogens with two attached hydrogens (primary N) is 1. The minimum atomic E-state index is -0.815. The van der Waals surface area contributed by atoms with E-state index in [2.05, 4.69) is 43.8 Å². The summed E-state index contributed by atoms with van der Waals surface area (Å²) in [6, 6.07) is 5.45. The lowest BCUT2D eigenvalue weighted by Gasteiger charge is -2.20. The van der Waals surface area contributed by atoms with Crippen LogP contribution in [-0.4, -0.2) is 23.8 Å². The largest absolute Gasteiger partial charge is 0.390 e. The molecule has 0 fully saturated rings.